The number of aliphatic imine (C=N–C) groups is 1. The number of ether oxygens (including phenoxy) is 1. The van der Waals surface area contributed by atoms with Crippen LogP contribution in [0.4, 0.5) is 4.39 Å². The van der Waals surface area contributed by atoms with Gasteiger partial charge < -0.3 is 20.7 Å². The number of rotatable bonds is 10. The number of halogens is 2. The molecule has 33 heavy (non-hydrogen) atoms. The number of guanidine groups is 1. The summed E-state index contributed by atoms with van der Waals surface area (Å²) in [6.45, 7) is 8.20. The Labute approximate surface area is 212 Å². The van der Waals surface area contributed by atoms with Crippen LogP contribution in [0.3, 0.4) is 0 Å². The molecule has 2 aromatic rings. The van der Waals surface area contributed by atoms with Gasteiger partial charge in [-0.3, -0.25) is 4.79 Å². The van der Waals surface area contributed by atoms with Gasteiger partial charge in [0.05, 0.1) is 19.2 Å². The molecule has 2 aromatic carbocycles. The Bertz CT molecular complexity index is 933. The van der Waals surface area contributed by atoms with Gasteiger partial charge >= 0.3 is 0 Å². The molecule has 3 N–H and O–H groups in total. The maximum atomic E-state index is 14.4. The second-order valence-electron chi connectivity index (χ2n) is 8.06. The molecule has 0 spiro atoms. The first-order valence-corrected chi connectivity index (χ1v) is 11.3. The van der Waals surface area contributed by atoms with Crippen molar-refractivity contribution in [1.29, 1.82) is 0 Å². The first kappa shape index (κ1) is 26.9. The Kier molecular flexibility index (Phi) is 10.9. The third-order valence-electron chi connectivity index (χ3n) is 5.30. The van der Waals surface area contributed by atoms with Crippen molar-refractivity contribution in [3.05, 3.63) is 65.0 Å². The van der Waals surface area contributed by atoms with Crippen molar-refractivity contribution in [2.75, 3.05) is 19.7 Å². The third kappa shape index (κ3) is 8.49. The van der Waals surface area contributed by atoms with Crippen molar-refractivity contribution in [1.82, 2.24) is 16.0 Å². The monoisotopic (exact) mass is 568 g/mol. The lowest BCUT2D eigenvalue weighted by atomic mass is 10.1. The molecule has 1 fully saturated rings. The van der Waals surface area contributed by atoms with Gasteiger partial charge in [0.15, 0.2) is 17.5 Å². The van der Waals surface area contributed by atoms with Crippen molar-refractivity contribution < 1.29 is 13.9 Å². The van der Waals surface area contributed by atoms with E-state index in [1.807, 2.05) is 39.0 Å². The number of benzene rings is 2. The summed E-state index contributed by atoms with van der Waals surface area (Å²) in [5.41, 5.74) is 2.44. The number of carbonyl (C=O) groups excluding carboxylic acids is 1. The van der Waals surface area contributed by atoms with Gasteiger partial charge in [-0.05, 0) is 74.9 Å². The van der Waals surface area contributed by atoms with E-state index in [0.717, 1.165) is 11.1 Å². The second-order valence-corrected chi connectivity index (χ2v) is 8.06. The Morgan fingerprint density at radius 3 is 2.42 bits per heavy atom. The van der Waals surface area contributed by atoms with Crippen LogP contribution in [-0.4, -0.2) is 31.6 Å². The van der Waals surface area contributed by atoms with Crippen LogP contribution in [0.25, 0.3) is 0 Å². The lowest BCUT2D eigenvalue weighted by Crippen LogP contribution is -2.38. The van der Waals surface area contributed by atoms with Crippen LogP contribution in [0.1, 0.15) is 61.1 Å². The Balaban J connectivity index is 0.00000385. The molecule has 1 atom stereocenters. The number of nitrogens with one attached hydrogen (secondary N) is 3. The normalized spacial score (nSPS) is 14.1. The van der Waals surface area contributed by atoms with Gasteiger partial charge in [0.25, 0.3) is 5.91 Å². The minimum Gasteiger partial charge on any atom is -0.490 e. The van der Waals surface area contributed by atoms with E-state index in [1.165, 1.54) is 18.9 Å². The van der Waals surface area contributed by atoms with Crippen LogP contribution >= 0.6 is 24.0 Å². The summed E-state index contributed by atoms with van der Waals surface area (Å²) in [4.78, 5) is 16.5. The summed E-state index contributed by atoms with van der Waals surface area (Å²) in [6.07, 6.45) is 2.34. The zero-order chi connectivity index (χ0) is 22.9. The number of amides is 1. The molecule has 1 aliphatic carbocycles. The first-order valence-electron chi connectivity index (χ1n) is 11.3. The lowest BCUT2D eigenvalue weighted by molar-refractivity contribution is 0.0956. The summed E-state index contributed by atoms with van der Waals surface area (Å²) >= 11 is 0. The molecule has 180 valence electrons. The van der Waals surface area contributed by atoms with Gasteiger partial charge in [-0.25, -0.2) is 9.38 Å². The smallest absolute Gasteiger partial charge is 0.251 e. The van der Waals surface area contributed by atoms with E-state index in [2.05, 4.69) is 20.9 Å². The summed E-state index contributed by atoms with van der Waals surface area (Å²) in [6, 6.07) is 12.4. The number of carbonyl (C=O) groups is 1. The summed E-state index contributed by atoms with van der Waals surface area (Å²) < 4.78 is 20.0. The highest BCUT2D eigenvalue weighted by Gasteiger charge is 2.22. The van der Waals surface area contributed by atoms with Gasteiger partial charge in [0.1, 0.15) is 0 Å². The Morgan fingerprint density at radius 2 is 1.82 bits per heavy atom. The molecule has 8 heteroatoms. The van der Waals surface area contributed by atoms with Gasteiger partial charge in [-0.1, -0.05) is 18.2 Å². The standard InChI is InChI=1S/C25H33FN4O2.HI/c1-4-27-24(31)20-10-8-18(9-11-20)15-29-25(28-5-2)30-17(3)21-12-13-23(22(26)14-21)32-16-19-6-7-19;/h8-14,17,19H,4-7,15-16H2,1-3H3,(H,27,31)(H2,28,29,30);1H. The second kappa shape index (κ2) is 13.4. The molecule has 0 aliphatic heterocycles. The molecular weight excluding hydrogens is 534 g/mol. The van der Waals surface area contributed by atoms with Crippen LogP contribution in [0.5, 0.6) is 5.75 Å². The highest BCUT2D eigenvalue weighted by Crippen LogP contribution is 2.30. The van der Waals surface area contributed by atoms with E-state index in [1.54, 1.807) is 18.2 Å². The zero-order valence-electron chi connectivity index (χ0n) is 19.5. The topological polar surface area (TPSA) is 74.8 Å². The summed E-state index contributed by atoms with van der Waals surface area (Å²) in [5.74, 6) is 1.11. The maximum Gasteiger partial charge on any atom is 0.251 e. The Hall–Kier alpha value is -2.36. The fraction of sp³-hybridized carbons (Fsp3) is 0.440. The molecule has 0 aromatic heterocycles. The van der Waals surface area contributed by atoms with Crippen LogP contribution in [0, 0.1) is 11.7 Å². The maximum absolute atomic E-state index is 14.4. The minimum absolute atomic E-state index is 0. The molecule has 0 heterocycles. The molecule has 6 nitrogen and oxygen atoms in total. The molecule has 1 unspecified atom stereocenters. The van der Waals surface area contributed by atoms with E-state index in [0.29, 0.717) is 49.4 Å². The molecular formula is C25H34FIN4O2. The molecule has 0 radical (unpaired) electrons. The molecule has 1 aliphatic rings. The van der Waals surface area contributed by atoms with Gasteiger partial charge in [-0.15, -0.1) is 24.0 Å². The van der Waals surface area contributed by atoms with E-state index < -0.39 is 0 Å². The molecule has 1 amide bonds. The Morgan fingerprint density at radius 1 is 1.12 bits per heavy atom. The largest absolute Gasteiger partial charge is 0.490 e. The molecule has 0 bridgehead atoms. The quantitative estimate of drug-likeness (QED) is 0.219. The third-order valence-corrected chi connectivity index (χ3v) is 5.30. The lowest BCUT2D eigenvalue weighted by Gasteiger charge is -2.19. The van der Waals surface area contributed by atoms with Gasteiger partial charge in [0.2, 0.25) is 0 Å². The average molecular weight is 568 g/mol. The van der Waals surface area contributed by atoms with E-state index >= 15 is 0 Å². The minimum atomic E-state index is -0.342. The highest BCUT2D eigenvalue weighted by molar-refractivity contribution is 14.0. The van der Waals surface area contributed by atoms with Crippen molar-refractivity contribution in [2.24, 2.45) is 10.9 Å². The van der Waals surface area contributed by atoms with Crippen LogP contribution in [0.15, 0.2) is 47.5 Å². The van der Waals surface area contributed by atoms with Crippen LogP contribution in [-0.2, 0) is 6.54 Å². The molecule has 0 saturated heterocycles. The number of nitrogens with zero attached hydrogens (tertiary/aromatic N) is 1. The summed E-state index contributed by atoms with van der Waals surface area (Å²) in [7, 11) is 0. The highest BCUT2D eigenvalue weighted by atomic mass is 127. The zero-order valence-corrected chi connectivity index (χ0v) is 21.8. The number of hydrogen-bond acceptors (Lipinski definition) is 3. The van der Waals surface area contributed by atoms with E-state index in [-0.39, 0.29) is 41.7 Å². The van der Waals surface area contributed by atoms with Crippen molar-refractivity contribution in [3.8, 4) is 5.75 Å². The predicted molar refractivity (Wildman–Crippen MR) is 141 cm³/mol. The summed E-state index contributed by atoms with van der Waals surface area (Å²) in [5, 5.41) is 9.33. The fourth-order valence-electron chi connectivity index (χ4n) is 3.20. The molecule has 1 saturated carbocycles. The van der Waals surface area contributed by atoms with Crippen molar-refractivity contribution in [3.63, 3.8) is 0 Å². The first-order chi connectivity index (χ1) is 15.5. The predicted octanol–water partition coefficient (Wildman–Crippen LogP) is 4.80. The van der Waals surface area contributed by atoms with Crippen molar-refractivity contribution >= 4 is 35.8 Å². The molecule has 3 rings (SSSR count). The van der Waals surface area contributed by atoms with Gasteiger partial charge in [-0.2, -0.15) is 0 Å². The van der Waals surface area contributed by atoms with Crippen LogP contribution in [0.2, 0.25) is 0 Å². The van der Waals surface area contributed by atoms with Gasteiger partial charge in [0, 0.05) is 18.7 Å². The van der Waals surface area contributed by atoms with Crippen LogP contribution < -0.4 is 20.7 Å². The fourth-order valence-corrected chi connectivity index (χ4v) is 3.20. The van der Waals surface area contributed by atoms with E-state index in [4.69, 9.17) is 4.74 Å². The SMILES string of the molecule is CCNC(=O)c1ccc(CN=C(NCC)NC(C)c2ccc(OCC3CC3)c(F)c2)cc1.I. The van der Waals surface area contributed by atoms with E-state index in [9.17, 15) is 9.18 Å². The average Bonchev–Trinajstić information content (AvgIpc) is 3.62. The number of hydrogen-bond donors (Lipinski definition) is 3. The van der Waals surface area contributed by atoms with Crippen molar-refractivity contribution in [2.45, 2.75) is 46.2 Å².